The number of carbonyl (C=O) groups is 1. The van der Waals surface area contributed by atoms with Crippen molar-refractivity contribution < 1.29 is 4.79 Å². The summed E-state index contributed by atoms with van der Waals surface area (Å²) in [5, 5.41) is 0. The molecule has 0 unspecified atom stereocenters. The Balaban J connectivity index is 4.32. The molecule has 0 radical (unpaired) electrons. The van der Waals surface area contributed by atoms with Crippen LogP contribution < -0.4 is 5.73 Å². The molecule has 3 heteroatoms. The van der Waals surface area contributed by atoms with Crippen molar-refractivity contribution in [2.75, 3.05) is 14.1 Å². The molecule has 0 saturated heterocycles. The second-order valence-corrected chi connectivity index (χ2v) is 2.37. The fourth-order valence-corrected chi connectivity index (χ4v) is 0.699. The predicted molar refractivity (Wildman–Crippen MR) is 45.8 cm³/mol. The van der Waals surface area contributed by atoms with Gasteiger partial charge in [-0.15, -0.1) is 6.58 Å². The third kappa shape index (κ3) is 3.45. The quantitative estimate of drug-likeness (QED) is 0.473. The van der Waals surface area contributed by atoms with Gasteiger partial charge >= 0.3 is 0 Å². The molecule has 3 nitrogen and oxygen atoms in total. The Kier molecular flexibility index (Phi) is 4.03. The van der Waals surface area contributed by atoms with Crippen LogP contribution in [0.5, 0.6) is 0 Å². The summed E-state index contributed by atoms with van der Waals surface area (Å²) >= 11 is 0. The van der Waals surface area contributed by atoms with Gasteiger partial charge in [-0.2, -0.15) is 0 Å². The first-order chi connectivity index (χ1) is 5.09. The molecule has 0 aromatic heterocycles. The Labute approximate surface area is 67.2 Å². The van der Waals surface area contributed by atoms with E-state index in [4.69, 9.17) is 5.73 Å². The van der Waals surface area contributed by atoms with Gasteiger partial charge in [-0.1, -0.05) is 12.2 Å². The largest absolute Gasteiger partial charge is 0.373 e. The lowest BCUT2D eigenvalue weighted by atomic mass is 10.3. The minimum Gasteiger partial charge on any atom is -0.373 e. The fraction of sp³-hybridized carbons (Fsp3) is 0.375. The number of nitrogens with zero attached hydrogens (tertiary/aromatic N) is 1. The van der Waals surface area contributed by atoms with E-state index in [9.17, 15) is 4.79 Å². The van der Waals surface area contributed by atoms with E-state index < -0.39 is 5.91 Å². The van der Waals surface area contributed by atoms with Gasteiger partial charge in [0, 0.05) is 14.1 Å². The smallest absolute Gasteiger partial charge is 0.264 e. The maximum Gasteiger partial charge on any atom is 0.264 e. The number of hydrogen-bond donors (Lipinski definition) is 1. The molecule has 0 saturated carbocycles. The lowest BCUT2D eigenvalue weighted by Gasteiger charge is -2.12. The van der Waals surface area contributed by atoms with Crippen molar-refractivity contribution in [2.24, 2.45) is 5.73 Å². The predicted octanol–water partition coefficient (Wildman–Crippen LogP) is 0.493. The molecule has 62 valence electrons. The summed E-state index contributed by atoms with van der Waals surface area (Å²) in [5.74, 6) is -0.406. The molecule has 1 amide bonds. The number of nitrogens with two attached hydrogens (primary N) is 1. The number of rotatable bonds is 4. The molecule has 0 heterocycles. The summed E-state index contributed by atoms with van der Waals surface area (Å²) in [6, 6.07) is 0. The third-order valence-corrected chi connectivity index (χ3v) is 1.21. The number of carbonyl (C=O) groups excluding carboxylic acids is 1. The summed E-state index contributed by atoms with van der Waals surface area (Å²) in [5.41, 5.74) is 5.61. The molecule has 0 aliphatic heterocycles. The molecule has 0 aliphatic rings. The van der Waals surface area contributed by atoms with Crippen molar-refractivity contribution in [3.8, 4) is 0 Å². The first-order valence-corrected chi connectivity index (χ1v) is 3.37. The summed E-state index contributed by atoms with van der Waals surface area (Å²) in [4.78, 5) is 12.4. The molecule has 0 aliphatic carbocycles. The van der Waals surface area contributed by atoms with Gasteiger partial charge in [0.25, 0.3) is 5.91 Å². The maximum absolute atomic E-state index is 10.7. The van der Waals surface area contributed by atoms with Crippen molar-refractivity contribution in [3.63, 3.8) is 0 Å². The maximum atomic E-state index is 10.7. The van der Waals surface area contributed by atoms with Gasteiger partial charge in [0.15, 0.2) is 0 Å². The van der Waals surface area contributed by atoms with Gasteiger partial charge in [0.2, 0.25) is 0 Å². The van der Waals surface area contributed by atoms with E-state index in [1.165, 1.54) is 0 Å². The summed E-state index contributed by atoms with van der Waals surface area (Å²) in [6.45, 7) is 3.54. The second kappa shape index (κ2) is 4.55. The summed E-state index contributed by atoms with van der Waals surface area (Å²) < 4.78 is 0. The summed E-state index contributed by atoms with van der Waals surface area (Å²) in [7, 11) is 3.55. The highest BCUT2D eigenvalue weighted by atomic mass is 16.1. The number of primary amides is 1. The zero-order valence-electron chi connectivity index (χ0n) is 7.00. The number of amides is 1. The number of hydrogen-bond acceptors (Lipinski definition) is 2. The molecule has 0 bridgehead atoms. The normalized spacial score (nSPS) is 10.9. The Morgan fingerprint density at radius 3 is 2.45 bits per heavy atom. The molecule has 11 heavy (non-hydrogen) atoms. The third-order valence-electron chi connectivity index (χ3n) is 1.21. The first-order valence-electron chi connectivity index (χ1n) is 3.37. The number of allylic oxidation sites excluding steroid dienone is 2. The van der Waals surface area contributed by atoms with Crippen LogP contribution in [0.25, 0.3) is 0 Å². The SMILES string of the molecule is C=CC/C=C(/C(N)=O)N(C)C. The van der Waals surface area contributed by atoms with Crippen molar-refractivity contribution in [1.29, 1.82) is 0 Å². The van der Waals surface area contributed by atoms with E-state index in [1.807, 2.05) is 0 Å². The molecule has 0 aromatic rings. The topological polar surface area (TPSA) is 46.3 Å². The molecule has 0 atom stereocenters. The van der Waals surface area contributed by atoms with E-state index >= 15 is 0 Å². The molecule has 0 aromatic carbocycles. The van der Waals surface area contributed by atoms with E-state index in [0.717, 1.165) is 0 Å². The van der Waals surface area contributed by atoms with Crippen LogP contribution in [0.1, 0.15) is 6.42 Å². The second-order valence-electron chi connectivity index (χ2n) is 2.37. The van der Waals surface area contributed by atoms with Crippen molar-refractivity contribution in [2.45, 2.75) is 6.42 Å². The van der Waals surface area contributed by atoms with E-state index in [0.29, 0.717) is 12.1 Å². The minimum absolute atomic E-state index is 0.406. The Hall–Kier alpha value is -1.25. The standard InChI is InChI=1S/C8H14N2O/c1-4-5-6-7(8(9)11)10(2)3/h4,6H,1,5H2,2-3H3,(H2,9,11)/b7-6-. The number of likely N-dealkylation sites (N-methyl/N-ethyl adjacent to an activating group) is 1. The van der Waals surface area contributed by atoms with Crippen molar-refractivity contribution in [1.82, 2.24) is 4.90 Å². The molecular weight excluding hydrogens is 140 g/mol. The average Bonchev–Trinajstić information content (AvgIpc) is 1.87. The van der Waals surface area contributed by atoms with Crippen LogP contribution in [-0.2, 0) is 4.79 Å². The highest BCUT2D eigenvalue weighted by Crippen LogP contribution is 1.98. The van der Waals surface area contributed by atoms with Crippen LogP contribution in [0.4, 0.5) is 0 Å². The average molecular weight is 154 g/mol. The van der Waals surface area contributed by atoms with Gasteiger partial charge in [0.05, 0.1) is 5.70 Å². The van der Waals surface area contributed by atoms with E-state index in [-0.39, 0.29) is 0 Å². The van der Waals surface area contributed by atoms with Crippen LogP contribution in [0.15, 0.2) is 24.4 Å². The molecule has 0 spiro atoms. The molecular formula is C8H14N2O. The van der Waals surface area contributed by atoms with Crippen LogP contribution in [-0.4, -0.2) is 24.9 Å². The van der Waals surface area contributed by atoms with Gasteiger partial charge in [-0.3, -0.25) is 4.79 Å². The van der Waals surface area contributed by atoms with Crippen LogP contribution in [0, 0.1) is 0 Å². The summed E-state index contributed by atoms with van der Waals surface area (Å²) in [6.07, 6.45) is 4.12. The Morgan fingerprint density at radius 1 is 1.64 bits per heavy atom. The van der Waals surface area contributed by atoms with Gasteiger partial charge < -0.3 is 10.6 Å². The van der Waals surface area contributed by atoms with E-state index in [2.05, 4.69) is 6.58 Å². The molecule has 2 N–H and O–H groups in total. The highest BCUT2D eigenvalue weighted by Gasteiger charge is 2.04. The highest BCUT2D eigenvalue weighted by molar-refractivity contribution is 5.91. The Bertz CT molecular complexity index is 183. The zero-order valence-corrected chi connectivity index (χ0v) is 7.00. The minimum atomic E-state index is -0.406. The fourth-order valence-electron chi connectivity index (χ4n) is 0.699. The van der Waals surface area contributed by atoms with Gasteiger partial charge in [-0.05, 0) is 6.42 Å². The first kappa shape index (κ1) is 9.75. The monoisotopic (exact) mass is 154 g/mol. The molecule has 0 rings (SSSR count). The zero-order chi connectivity index (χ0) is 8.85. The Morgan fingerprint density at radius 2 is 2.18 bits per heavy atom. The van der Waals surface area contributed by atoms with Crippen LogP contribution in [0.3, 0.4) is 0 Å². The molecule has 0 fully saturated rings. The van der Waals surface area contributed by atoms with Gasteiger partial charge in [0.1, 0.15) is 0 Å². The lowest BCUT2D eigenvalue weighted by Crippen LogP contribution is -2.25. The van der Waals surface area contributed by atoms with E-state index in [1.54, 1.807) is 31.1 Å². The van der Waals surface area contributed by atoms with Gasteiger partial charge in [-0.25, -0.2) is 0 Å². The van der Waals surface area contributed by atoms with Crippen LogP contribution in [0.2, 0.25) is 0 Å². The van der Waals surface area contributed by atoms with Crippen molar-refractivity contribution in [3.05, 3.63) is 24.4 Å². The lowest BCUT2D eigenvalue weighted by molar-refractivity contribution is -0.115. The van der Waals surface area contributed by atoms with Crippen LogP contribution >= 0.6 is 0 Å². The van der Waals surface area contributed by atoms with Crippen molar-refractivity contribution >= 4 is 5.91 Å².